The largest absolute Gasteiger partial charge is 0.454 e. The van der Waals surface area contributed by atoms with Gasteiger partial charge in [0, 0.05) is 49.9 Å². The number of benzene rings is 2. The highest BCUT2D eigenvalue weighted by atomic mass is 35.5. The Morgan fingerprint density at radius 1 is 1.14 bits per heavy atom. The van der Waals surface area contributed by atoms with Crippen LogP contribution >= 0.6 is 11.6 Å². The van der Waals surface area contributed by atoms with Crippen molar-refractivity contribution >= 4 is 44.9 Å². The minimum Gasteiger partial charge on any atom is -0.454 e. The quantitative estimate of drug-likeness (QED) is 0.419. The van der Waals surface area contributed by atoms with Crippen molar-refractivity contribution in [3.8, 4) is 11.5 Å². The molecule has 11 nitrogen and oxygen atoms in total. The van der Waals surface area contributed by atoms with Crippen LogP contribution in [0.3, 0.4) is 0 Å². The summed E-state index contributed by atoms with van der Waals surface area (Å²) in [6.07, 6.45) is 0. The van der Waals surface area contributed by atoms with Crippen molar-refractivity contribution in [2.24, 2.45) is 16.5 Å². The highest BCUT2D eigenvalue weighted by Crippen LogP contribution is 2.45. The van der Waals surface area contributed by atoms with E-state index in [0.717, 1.165) is 13.1 Å². The molecule has 0 spiro atoms. The van der Waals surface area contributed by atoms with Gasteiger partial charge in [0.15, 0.2) is 15.8 Å². The predicted molar refractivity (Wildman–Crippen MR) is 139 cm³/mol. The van der Waals surface area contributed by atoms with E-state index in [1.165, 1.54) is 19.1 Å². The zero-order chi connectivity index (χ0) is 26.9. The first-order valence-electron chi connectivity index (χ1n) is 11.6. The average Bonchev–Trinajstić information content (AvgIpc) is 2.93. The van der Waals surface area contributed by atoms with Crippen molar-refractivity contribution in [3.05, 3.63) is 46.0 Å². The van der Waals surface area contributed by atoms with Crippen LogP contribution in [0.25, 0.3) is 0 Å². The predicted octanol–water partition coefficient (Wildman–Crippen LogP) is 1.83. The van der Waals surface area contributed by atoms with Gasteiger partial charge in [-0.2, -0.15) is 4.99 Å². The molecule has 2 aromatic carbocycles. The number of halogens is 1. The topological polar surface area (TPSA) is 158 Å². The molecule has 2 aliphatic rings. The summed E-state index contributed by atoms with van der Waals surface area (Å²) in [6.45, 7) is 6.90. The first kappa shape index (κ1) is 26.9. The van der Waals surface area contributed by atoms with Crippen LogP contribution < -0.4 is 21.1 Å². The van der Waals surface area contributed by atoms with Crippen LogP contribution in [-0.4, -0.2) is 70.5 Å². The Labute approximate surface area is 219 Å². The molecule has 2 aromatic rings. The number of guanidine groups is 1. The van der Waals surface area contributed by atoms with E-state index in [4.69, 9.17) is 32.5 Å². The zero-order valence-corrected chi connectivity index (χ0v) is 22.1. The summed E-state index contributed by atoms with van der Waals surface area (Å²) in [5, 5.41) is 0.160. The summed E-state index contributed by atoms with van der Waals surface area (Å²) >= 11 is 6.58. The molecule has 4 rings (SSSR count). The monoisotopic (exact) mass is 549 g/mol. The number of hydrogen-bond donors (Lipinski definition) is 2. The number of carbonyl (C=O) groups is 2. The van der Waals surface area contributed by atoms with Crippen molar-refractivity contribution in [1.29, 1.82) is 0 Å². The summed E-state index contributed by atoms with van der Waals surface area (Å²) in [7, 11) is -3.98. The molecule has 0 aliphatic carbocycles. The molecular weight excluding hydrogens is 522 g/mol. The van der Waals surface area contributed by atoms with Crippen LogP contribution in [0.4, 0.5) is 5.69 Å². The molecule has 0 aromatic heterocycles. The Morgan fingerprint density at radius 2 is 1.84 bits per heavy atom. The van der Waals surface area contributed by atoms with Gasteiger partial charge in [-0.15, -0.1) is 0 Å². The molecule has 1 saturated heterocycles. The smallest absolute Gasteiger partial charge is 0.280 e. The number of anilines is 1. The molecular formula is C24H28ClN5O6S. The van der Waals surface area contributed by atoms with E-state index in [9.17, 15) is 18.0 Å². The minimum absolute atomic E-state index is 0.000402. The lowest BCUT2D eigenvalue weighted by molar-refractivity contribution is -0.116. The number of sulfone groups is 1. The Morgan fingerprint density at radius 3 is 2.49 bits per heavy atom. The molecule has 2 aliphatic heterocycles. The number of amides is 2. The lowest BCUT2D eigenvalue weighted by Crippen LogP contribution is -2.42. The van der Waals surface area contributed by atoms with Crippen molar-refractivity contribution in [2.75, 3.05) is 44.3 Å². The Kier molecular flexibility index (Phi) is 7.74. The molecule has 198 valence electrons. The third kappa shape index (κ3) is 5.87. The Hall–Kier alpha value is -3.19. The molecule has 0 saturated carbocycles. The number of fused-ring (bicyclic) bond motifs is 2. The van der Waals surface area contributed by atoms with E-state index in [1.807, 2.05) is 0 Å². The van der Waals surface area contributed by atoms with Crippen molar-refractivity contribution in [3.63, 3.8) is 0 Å². The number of hydrogen-bond acceptors (Lipinski definition) is 7. The van der Waals surface area contributed by atoms with Crippen LogP contribution in [0, 0.1) is 6.92 Å². The van der Waals surface area contributed by atoms with Gasteiger partial charge in [0.2, 0.25) is 5.91 Å². The number of aryl methyl sites for hydroxylation is 1. The van der Waals surface area contributed by atoms with Crippen LogP contribution in [0.1, 0.15) is 28.4 Å². The van der Waals surface area contributed by atoms with Gasteiger partial charge >= 0.3 is 0 Å². The number of nitrogens with two attached hydrogens (primary N) is 2. The van der Waals surface area contributed by atoms with E-state index in [-0.39, 0.29) is 32.9 Å². The third-order valence-corrected chi connectivity index (χ3v) is 8.09. The fraction of sp³-hybridized carbons (Fsp3) is 0.375. The Balaban J connectivity index is 1.71. The SMILES string of the molecule is CC(=O)N(CCN1CCOCC1)c1cc(Cl)c2c(c1)CS(=O)(=O)c1cc(C(=O)N=C(N)N)cc(C)c1O2. The van der Waals surface area contributed by atoms with Gasteiger partial charge in [0.25, 0.3) is 5.91 Å². The second-order valence-electron chi connectivity index (χ2n) is 8.86. The third-order valence-electron chi connectivity index (χ3n) is 6.14. The molecule has 0 atom stereocenters. The second-order valence-corrected chi connectivity index (χ2v) is 11.2. The van der Waals surface area contributed by atoms with Gasteiger partial charge in [0.1, 0.15) is 16.4 Å². The molecule has 0 unspecified atom stereocenters. The second kappa shape index (κ2) is 10.7. The van der Waals surface area contributed by atoms with Crippen LogP contribution in [0.2, 0.25) is 5.02 Å². The first-order valence-corrected chi connectivity index (χ1v) is 13.6. The molecule has 0 bridgehead atoms. The normalized spacial score (nSPS) is 16.5. The maximum absolute atomic E-state index is 13.4. The van der Waals surface area contributed by atoms with Crippen molar-refractivity contribution < 1.29 is 27.5 Å². The first-order chi connectivity index (χ1) is 17.5. The van der Waals surface area contributed by atoms with Gasteiger partial charge in [-0.05, 0) is 36.8 Å². The van der Waals surface area contributed by atoms with Gasteiger partial charge in [0.05, 0.1) is 24.0 Å². The summed E-state index contributed by atoms with van der Waals surface area (Å²) in [6, 6.07) is 5.83. The molecule has 2 amide bonds. The maximum Gasteiger partial charge on any atom is 0.280 e. The lowest BCUT2D eigenvalue weighted by atomic mass is 10.1. The number of ether oxygens (including phenoxy) is 2. The van der Waals surface area contributed by atoms with E-state index < -0.39 is 27.5 Å². The molecule has 1 fully saturated rings. The summed E-state index contributed by atoms with van der Waals surface area (Å²) in [4.78, 5) is 32.0. The minimum atomic E-state index is -3.98. The molecule has 0 radical (unpaired) electrons. The van der Waals surface area contributed by atoms with E-state index in [0.29, 0.717) is 43.1 Å². The summed E-state index contributed by atoms with van der Waals surface area (Å²) in [5.74, 6) is -1.63. The summed E-state index contributed by atoms with van der Waals surface area (Å²) in [5.41, 5.74) is 11.7. The number of carbonyl (C=O) groups excluding carboxylic acids is 2. The number of nitrogens with zero attached hydrogens (tertiary/aromatic N) is 3. The van der Waals surface area contributed by atoms with Gasteiger partial charge in [-0.25, -0.2) is 8.42 Å². The highest BCUT2D eigenvalue weighted by Gasteiger charge is 2.32. The van der Waals surface area contributed by atoms with E-state index in [1.54, 1.807) is 24.0 Å². The van der Waals surface area contributed by atoms with Gasteiger partial charge in [-0.1, -0.05) is 11.6 Å². The fourth-order valence-electron chi connectivity index (χ4n) is 4.34. The van der Waals surface area contributed by atoms with Crippen LogP contribution in [0.5, 0.6) is 11.5 Å². The summed E-state index contributed by atoms with van der Waals surface area (Å²) < 4.78 is 38.3. The molecule has 2 heterocycles. The average molecular weight is 550 g/mol. The molecule has 4 N–H and O–H groups in total. The maximum atomic E-state index is 13.4. The number of rotatable bonds is 5. The van der Waals surface area contributed by atoms with E-state index in [2.05, 4.69) is 9.89 Å². The number of morpholine rings is 1. The van der Waals surface area contributed by atoms with E-state index >= 15 is 0 Å². The zero-order valence-electron chi connectivity index (χ0n) is 20.5. The van der Waals surface area contributed by atoms with Gasteiger partial charge in [-0.3, -0.25) is 14.5 Å². The highest BCUT2D eigenvalue weighted by molar-refractivity contribution is 7.90. The molecule has 13 heteroatoms. The van der Waals surface area contributed by atoms with Crippen LogP contribution in [0.15, 0.2) is 34.2 Å². The Bertz CT molecular complexity index is 1380. The van der Waals surface area contributed by atoms with Crippen molar-refractivity contribution in [2.45, 2.75) is 24.5 Å². The standard InChI is InChI=1S/C24H28ClN5O6S/c1-14-9-16(23(32)28-24(26)27)11-20-21(14)36-22-17(13-37(20,33)34)10-18(12-19(22)25)30(15(2)31)4-3-29-5-7-35-8-6-29/h9-12H,3-8,13H2,1-2H3,(H4,26,27,28,32). The number of aliphatic imine (C=N–C) groups is 1. The fourth-order valence-corrected chi connectivity index (χ4v) is 6.18. The lowest BCUT2D eigenvalue weighted by Gasteiger charge is -2.30. The van der Waals surface area contributed by atoms with Crippen LogP contribution in [-0.2, 0) is 25.1 Å². The van der Waals surface area contributed by atoms with Gasteiger partial charge < -0.3 is 25.8 Å². The molecule has 37 heavy (non-hydrogen) atoms. The van der Waals surface area contributed by atoms with Crippen molar-refractivity contribution in [1.82, 2.24) is 4.90 Å².